The van der Waals surface area contributed by atoms with E-state index in [1.54, 1.807) is 32.8 Å². The Kier molecular flexibility index (Phi) is 7.87. The highest BCUT2D eigenvalue weighted by Crippen LogP contribution is 2.91. The van der Waals surface area contributed by atoms with Gasteiger partial charge in [-0.3, -0.25) is 0 Å². The Hall–Kier alpha value is -0.900. The maximum absolute atomic E-state index is 10.0. The van der Waals surface area contributed by atoms with Crippen molar-refractivity contribution in [2.45, 2.75) is 124 Å². The molecule has 1 aliphatic heterocycles. The molecule has 8 unspecified atom stereocenters. The highest BCUT2D eigenvalue weighted by molar-refractivity contribution is 5.85. The number of aldehydes is 1. The number of rotatable bonds is 5. The molecule has 1 heterocycles. The van der Waals surface area contributed by atoms with Crippen LogP contribution >= 0.6 is 0 Å². The van der Waals surface area contributed by atoms with Gasteiger partial charge in [0, 0.05) is 18.4 Å². The molecule has 194 valence electrons. The standard InChI is InChI=1S/C21H33NO.C8H15NO.CH4/c1-14(22-23-3)16-7-8-17-19(16,2)12-10-18-20-11-5-4-6-15(20)9-13-21(17,18)20;10-7-3-5-8-4-1-2-6-9-8;/h15-18H,4-13H2,1-3H3;7-9H,1-6H2;1H4/b22-14+;;. The predicted molar refractivity (Wildman–Crippen MR) is 141 cm³/mol. The van der Waals surface area contributed by atoms with Crippen molar-refractivity contribution < 1.29 is 9.63 Å². The van der Waals surface area contributed by atoms with Gasteiger partial charge in [0.15, 0.2) is 0 Å². The van der Waals surface area contributed by atoms with Crippen molar-refractivity contribution in [1.82, 2.24) is 5.32 Å². The van der Waals surface area contributed by atoms with Gasteiger partial charge in [0.25, 0.3) is 0 Å². The van der Waals surface area contributed by atoms with Crippen molar-refractivity contribution in [3.05, 3.63) is 0 Å². The fraction of sp³-hybridized carbons (Fsp3) is 0.933. The Labute approximate surface area is 209 Å². The smallest absolute Gasteiger partial charge is 0.120 e. The van der Waals surface area contributed by atoms with Crippen molar-refractivity contribution in [2.24, 2.45) is 45.1 Å². The van der Waals surface area contributed by atoms with Crippen LogP contribution in [0.4, 0.5) is 0 Å². The Morgan fingerprint density at radius 1 is 0.971 bits per heavy atom. The third-order valence-electron chi connectivity index (χ3n) is 11.8. The molecule has 0 amide bonds. The normalized spacial score (nSPS) is 46.4. The maximum Gasteiger partial charge on any atom is 0.120 e. The first kappa shape index (κ1) is 26.2. The number of carbonyl (C=O) groups excluding carboxylic acids is 1. The molecule has 1 N–H and O–H groups in total. The lowest BCUT2D eigenvalue weighted by molar-refractivity contribution is -0.108. The van der Waals surface area contributed by atoms with Gasteiger partial charge in [0.2, 0.25) is 0 Å². The monoisotopic (exact) mass is 472 g/mol. The van der Waals surface area contributed by atoms with Gasteiger partial charge in [-0.1, -0.05) is 38.8 Å². The Bertz CT molecular complexity index is 746. The molecule has 0 aromatic heterocycles. The van der Waals surface area contributed by atoms with E-state index in [1.807, 2.05) is 0 Å². The van der Waals surface area contributed by atoms with Crippen molar-refractivity contribution >= 4 is 12.0 Å². The molecular formula is C30H52N2O2. The van der Waals surface area contributed by atoms with Gasteiger partial charge in [0.1, 0.15) is 13.4 Å². The van der Waals surface area contributed by atoms with Crippen LogP contribution in [-0.2, 0) is 9.63 Å². The molecular weight excluding hydrogens is 420 g/mol. The van der Waals surface area contributed by atoms with Crippen LogP contribution in [0.1, 0.15) is 118 Å². The van der Waals surface area contributed by atoms with E-state index >= 15 is 0 Å². The zero-order chi connectivity index (χ0) is 23.1. The van der Waals surface area contributed by atoms with E-state index in [4.69, 9.17) is 4.84 Å². The molecule has 1 saturated heterocycles. The molecule has 0 radical (unpaired) electrons. The molecule has 5 saturated carbocycles. The van der Waals surface area contributed by atoms with Crippen molar-refractivity contribution in [3.63, 3.8) is 0 Å². The number of fused-ring (bicyclic) bond motifs is 1. The topological polar surface area (TPSA) is 50.7 Å². The molecule has 34 heavy (non-hydrogen) atoms. The molecule has 0 aromatic rings. The molecule has 0 bridgehead atoms. The Morgan fingerprint density at radius 3 is 2.53 bits per heavy atom. The van der Waals surface area contributed by atoms with Crippen molar-refractivity contribution in [3.8, 4) is 0 Å². The van der Waals surface area contributed by atoms with E-state index in [2.05, 4.69) is 24.3 Å². The first-order valence-corrected chi connectivity index (χ1v) is 14.3. The van der Waals surface area contributed by atoms with Gasteiger partial charge in [-0.05, 0) is 118 Å². The van der Waals surface area contributed by atoms with E-state index in [0.29, 0.717) is 17.4 Å². The number of nitrogens with zero attached hydrogens (tertiary/aromatic N) is 1. The average Bonchev–Trinajstić information content (AvgIpc) is 3.09. The fourth-order valence-corrected chi connectivity index (χ4v) is 10.8. The number of hydrogen-bond donors (Lipinski definition) is 1. The highest BCUT2D eigenvalue weighted by Gasteiger charge is 2.85. The van der Waals surface area contributed by atoms with Crippen molar-refractivity contribution in [1.29, 1.82) is 0 Å². The van der Waals surface area contributed by atoms with Crippen LogP contribution in [0.3, 0.4) is 0 Å². The van der Waals surface area contributed by atoms with E-state index < -0.39 is 0 Å². The third-order valence-corrected chi connectivity index (χ3v) is 11.8. The molecule has 2 spiro atoms. The molecule has 4 heteroatoms. The van der Waals surface area contributed by atoms with Crippen LogP contribution in [0.25, 0.3) is 0 Å². The van der Waals surface area contributed by atoms with E-state index in [-0.39, 0.29) is 7.43 Å². The van der Waals surface area contributed by atoms with Crippen LogP contribution in [0.15, 0.2) is 5.16 Å². The minimum Gasteiger partial charge on any atom is -0.399 e. The summed E-state index contributed by atoms with van der Waals surface area (Å²) in [6.45, 7) is 5.98. The summed E-state index contributed by atoms with van der Waals surface area (Å²) in [5.74, 6) is 3.84. The number of oxime groups is 1. The number of nitrogens with one attached hydrogen (secondary N) is 1. The van der Waals surface area contributed by atoms with Crippen molar-refractivity contribution in [2.75, 3.05) is 13.7 Å². The first-order chi connectivity index (χ1) is 16.0. The molecule has 4 nitrogen and oxygen atoms in total. The van der Waals surface area contributed by atoms with Gasteiger partial charge in [0.05, 0.1) is 5.71 Å². The van der Waals surface area contributed by atoms with Crippen LogP contribution in [0.2, 0.25) is 0 Å². The zero-order valence-corrected chi connectivity index (χ0v) is 21.5. The summed E-state index contributed by atoms with van der Waals surface area (Å²) in [6.07, 6.45) is 21.7. The second-order valence-electron chi connectivity index (χ2n) is 12.6. The average molecular weight is 473 g/mol. The van der Waals surface area contributed by atoms with Gasteiger partial charge < -0.3 is 14.9 Å². The first-order valence-electron chi connectivity index (χ1n) is 14.3. The van der Waals surface area contributed by atoms with E-state index in [0.717, 1.165) is 54.3 Å². The van der Waals surface area contributed by atoms with Gasteiger partial charge in [-0.2, -0.15) is 0 Å². The minimum atomic E-state index is 0. The fourth-order valence-electron chi connectivity index (χ4n) is 10.8. The third kappa shape index (κ3) is 3.80. The van der Waals surface area contributed by atoms with Crippen LogP contribution in [0, 0.1) is 39.9 Å². The number of carbonyl (C=O) groups is 1. The van der Waals surface area contributed by atoms with Crippen LogP contribution < -0.4 is 5.32 Å². The van der Waals surface area contributed by atoms with Crippen LogP contribution in [-0.4, -0.2) is 31.7 Å². The second-order valence-corrected chi connectivity index (χ2v) is 12.6. The SMILES string of the molecule is C.CO/N=C(\C)C1CCC2C1(C)CCC1C34CCCCC3CCC214.O=CCCC1CCCCN1. The minimum absolute atomic E-state index is 0. The maximum atomic E-state index is 10.0. The number of piperidine rings is 1. The zero-order valence-electron chi connectivity index (χ0n) is 21.5. The Morgan fingerprint density at radius 2 is 1.79 bits per heavy atom. The van der Waals surface area contributed by atoms with E-state index in [1.165, 1.54) is 63.5 Å². The lowest BCUT2D eigenvalue weighted by atomic mass is 9.59. The summed E-state index contributed by atoms with van der Waals surface area (Å²) >= 11 is 0. The summed E-state index contributed by atoms with van der Waals surface area (Å²) in [5.41, 5.74) is 3.32. The summed E-state index contributed by atoms with van der Waals surface area (Å²) in [5, 5.41) is 7.76. The predicted octanol–water partition coefficient (Wildman–Crippen LogP) is 7.17. The quantitative estimate of drug-likeness (QED) is 0.262. The summed E-state index contributed by atoms with van der Waals surface area (Å²) < 4.78 is 0. The van der Waals surface area contributed by atoms with Gasteiger partial charge in [-0.25, -0.2) is 0 Å². The van der Waals surface area contributed by atoms with Gasteiger partial charge in [-0.15, -0.1) is 0 Å². The lowest BCUT2D eigenvalue weighted by Gasteiger charge is -2.45. The Balaban J connectivity index is 0.000000212. The van der Waals surface area contributed by atoms with E-state index in [9.17, 15) is 4.79 Å². The van der Waals surface area contributed by atoms with Crippen LogP contribution in [0.5, 0.6) is 0 Å². The molecule has 8 atom stereocenters. The summed E-state index contributed by atoms with van der Waals surface area (Å²) in [7, 11) is 1.70. The highest BCUT2D eigenvalue weighted by atomic mass is 16.6. The molecule has 6 fully saturated rings. The molecule has 5 aliphatic carbocycles. The lowest BCUT2D eigenvalue weighted by Crippen LogP contribution is -2.40. The number of hydrogen-bond acceptors (Lipinski definition) is 4. The summed E-state index contributed by atoms with van der Waals surface area (Å²) in [6, 6.07) is 0.624. The van der Waals surface area contributed by atoms with Gasteiger partial charge >= 0.3 is 0 Å². The molecule has 6 rings (SSSR count). The second kappa shape index (κ2) is 10.2. The molecule has 0 aromatic carbocycles. The molecule has 6 aliphatic rings. The summed E-state index contributed by atoms with van der Waals surface area (Å²) in [4.78, 5) is 15.2. The largest absolute Gasteiger partial charge is 0.399 e.